The summed E-state index contributed by atoms with van der Waals surface area (Å²) >= 11 is 0. The zero-order valence-corrected chi connectivity index (χ0v) is 12.6. The van der Waals surface area contributed by atoms with Gasteiger partial charge in [0.15, 0.2) is 0 Å². The van der Waals surface area contributed by atoms with E-state index >= 15 is 0 Å². The Hall–Kier alpha value is -1.80. The van der Waals surface area contributed by atoms with Gasteiger partial charge in [0.2, 0.25) is 0 Å². The molecule has 2 aromatic carbocycles. The molecule has 0 bridgehead atoms. The van der Waals surface area contributed by atoms with E-state index in [4.69, 9.17) is 4.74 Å². The lowest BCUT2D eigenvalue weighted by molar-refractivity contribution is 0.107. The lowest BCUT2D eigenvalue weighted by Gasteiger charge is -2.17. The first-order chi connectivity index (χ1) is 9.49. The second-order valence-electron chi connectivity index (χ2n) is 5.39. The van der Waals surface area contributed by atoms with Crippen LogP contribution in [-0.4, -0.2) is 11.7 Å². The zero-order chi connectivity index (χ0) is 14.7. The van der Waals surface area contributed by atoms with Crippen molar-refractivity contribution < 1.29 is 9.84 Å². The highest BCUT2D eigenvalue weighted by Gasteiger charge is 2.12. The van der Waals surface area contributed by atoms with Crippen LogP contribution in [0.4, 0.5) is 0 Å². The molecule has 1 N–H and O–H groups in total. The third-order valence-corrected chi connectivity index (χ3v) is 3.71. The fourth-order valence-corrected chi connectivity index (χ4v) is 2.37. The van der Waals surface area contributed by atoms with E-state index in [0.29, 0.717) is 0 Å². The molecule has 0 fully saturated rings. The average Bonchev–Trinajstić information content (AvgIpc) is 2.41. The van der Waals surface area contributed by atoms with Crippen molar-refractivity contribution in [3.05, 3.63) is 64.2 Å². The fraction of sp³-hybridized carbons (Fsp3) is 0.333. The first-order valence-corrected chi connectivity index (χ1v) is 6.93. The summed E-state index contributed by atoms with van der Waals surface area (Å²) in [5, 5.41) is 10.3. The van der Waals surface area contributed by atoms with E-state index < -0.39 is 6.10 Å². The maximum Gasteiger partial charge on any atom is 0.122 e. The van der Waals surface area contributed by atoms with E-state index in [1.165, 1.54) is 11.1 Å². The Morgan fingerprint density at radius 3 is 2.40 bits per heavy atom. The summed E-state index contributed by atoms with van der Waals surface area (Å²) in [7, 11) is 0. The van der Waals surface area contributed by atoms with Gasteiger partial charge in [-0.3, -0.25) is 0 Å². The minimum Gasteiger partial charge on any atom is -0.490 e. The van der Waals surface area contributed by atoms with Crippen LogP contribution in [0.2, 0.25) is 0 Å². The molecule has 0 amide bonds. The average molecular weight is 270 g/mol. The number of aryl methyl sites for hydroxylation is 3. The molecular weight excluding hydrogens is 248 g/mol. The van der Waals surface area contributed by atoms with Gasteiger partial charge in [-0.25, -0.2) is 0 Å². The van der Waals surface area contributed by atoms with Gasteiger partial charge in [-0.15, -0.1) is 0 Å². The lowest BCUT2D eigenvalue weighted by atomic mass is 10.0. The normalized spacial score (nSPS) is 12.2. The molecule has 0 spiro atoms. The molecule has 106 valence electrons. The van der Waals surface area contributed by atoms with E-state index in [9.17, 15) is 5.11 Å². The highest BCUT2D eigenvalue weighted by Crippen LogP contribution is 2.25. The standard InChI is InChI=1S/C18H22O2/c1-12-9-14(3)15(4)18(10-12)20-11-17(19)16-8-6-5-7-13(16)2/h5-10,17,19H,11H2,1-4H3. The maximum absolute atomic E-state index is 10.3. The van der Waals surface area contributed by atoms with Crippen molar-refractivity contribution in [1.29, 1.82) is 0 Å². The Balaban J connectivity index is 2.11. The smallest absolute Gasteiger partial charge is 0.122 e. The van der Waals surface area contributed by atoms with Gasteiger partial charge in [0.05, 0.1) is 0 Å². The maximum atomic E-state index is 10.3. The van der Waals surface area contributed by atoms with Gasteiger partial charge in [-0.2, -0.15) is 0 Å². The predicted octanol–water partition coefficient (Wildman–Crippen LogP) is 4.03. The van der Waals surface area contributed by atoms with Gasteiger partial charge < -0.3 is 9.84 Å². The van der Waals surface area contributed by atoms with Gasteiger partial charge in [-0.05, 0) is 61.6 Å². The largest absolute Gasteiger partial charge is 0.490 e. The molecule has 0 saturated carbocycles. The van der Waals surface area contributed by atoms with Crippen LogP contribution >= 0.6 is 0 Å². The van der Waals surface area contributed by atoms with Crippen LogP contribution in [0.1, 0.15) is 33.9 Å². The minimum absolute atomic E-state index is 0.272. The van der Waals surface area contributed by atoms with E-state index in [1.54, 1.807) is 0 Å². The van der Waals surface area contributed by atoms with Crippen LogP contribution in [0, 0.1) is 27.7 Å². The summed E-state index contributed by atoms with van der Waals surface area (Å²) in [4.78, 5) is 0. The number of aliphatic hydroxyl groups excluding tert-OH is 1. The van der Waals surface area contributed by atoms with Crippen molar-refractivity contribution in [2.24, 2.45) is 0 Å². The first kappa shape index (κ1) is 14.6. The number of hydrogen-bond acceptors (Lipinski definition) is 2. The third kappa shape index (κ3) is 3.20. The van der Waals surface area contributed by atoms with E-state index in [-0.39, 0.29) is 6.61 Å². The zero-order valence-electron chi connectivity index (χ0n) is 12.6. The summed E-state index contributed by atoms with van der Waals surface area (Å²) in [6, 6.07) is 12.0. The fourth-order valence-electron chi connectivity index (χ4n) is 2.37. The van der Waals surface area contributed by atoms with Crippen LogP contribution in [-0.2, 0) is 0 Å². The van der Waals surface area contributed by atoms with Crippen LogP contribution in [0.5, 0.6) is 5.75 Å². The number of hydrogen-bond donors (Lipinski definition) is 1. The summed E-state index contributed by atoms with van der Waals surface area (Å²) in [5.74, 6) is 0.857. The summed E-state index contributed by atoms with van der Waals surface area (Å²) in [5.41, 5.74) is 5.53. The molecule has 0 aromatic heterocycles. The monoisotopic (exact) mass is 270 g/mol. The van der Waals surface area contributed by atoms with E-state index in [2.05, 4.69) is 19.9 Å². The van der Waals surface area contributed by atoms with Crippen LogP contribution in [0.25, 0.3) is 0 Å². The molecule has 2 aromatic rings. The third-order valence-electron chi connectivity index (χ3n) is 3.71. The van der Waals surface area contributed by atoms with Crippen molar-refractivity contribution in [3.8, 4) is 5.75 Å². The Morgan fingerprint density at radius 1 is 1.00 bits per heavy atom. The molecule has 2 rings (SSSR count). The van der Waals surface area contributed by atoms with Gasteiger partial charge in [-0.1, -0.05) is 30.3 Å². The molecule has 0 aliphatic rings. The Morgan fingerprint density at radius 2 is 1.70 bits per heavy atom. The van der Waals surface area contributed by atoms with Gasteiger partial charge in [0, 0.05) is 0 Å². The van der Waals surface area contributed by atoms with E-state index in [0.717, 1.165) is 22.4 Å². The molecule has 1 unspecified atom stereocenters. The second-order valence-corrected chi connectivity index (χ2v) is 5.39. The molecular formula is C18H22O2. The predicted molar refractivity (Wildman–Crippen MR) is 82.3 cm³/mol. The molecule has 1 atom stereocenters. The molecule has 2 heteroatoms. The van der Waals surface area contributed by atoms with Crippen molar-refractivity contribution in [2.45, 2.75) is 33.8 Å². The van der Waals surface area contributed by atoms with Gasteiger partial charge in [0.1, 0.15) is 18.5 Å². The first-order valence-electron chi connectivity index (χ1n) is 6.93. The Labute approximate surface area is 121 Å². The summed E-state index contributed by atoms with van der Waals surface area (Å²) in [6.07, 6.45) is -0.601. The number of benzene rings is 2. The Bertz CT molecular complexity index is 602. The van der Waals surface area contributed by atoms with Crippen molar-refractivity contribution in [1.82, 2.24) is 0 Å². The van der Waals surface area contributed by atoms with Crippen LogP contribution < -0.4 is 4.74 Å². The molecule has 0 saturated heterocycles. The van der Waals surface area contributed by atoms with Gasteiger partial charge >= 0.3 is 0 Å². The number of ether oxygens (including phenoxy) is 1. The van der Waals surface area contributed by atoms with Crippen LogP contribution in [0.3, 0.4) is 0 Å². The highest BCUT2D eigenvalue weighted by atomic mass is 16.5. The van der Waals surface area contributed by atoms with Crippen molar-refractivity contribution >= 4 is 0 Å². The molecule has 0 aliphatic carbocycles. The SMILES string of the molecule is Cc1cc(C)c(C)c(OCC(O)c2ccccc2C)c1. The molecule has 0 heterocycles. The highest BCUT2D eigenvalue weighted by molar-refractivity contribution is 5.42. The number of aliphatic hydroxyl groups is 1. The van der Waals surface area contributed by atoms with Crippen molar-refractivity contribution in [2.75, 3.05) is 6.61 Å². The molecule has 20 heavy (non-hydrogen) atoms. The number of rotatable bonds is 4. The van der Waals surface area contributed by atoms with Gasteiger partial charge in [0.25, 0.3) is 0 Å². The second kappa shape index (κ2) is 6.10. The quantitative estimate of drug-likeness (QED) is 0.908. The van der Waals surface area contributed by atoms with Crippen molar-refractivity contribution in [3.63, 3.8) is 0 Å². The van der Waals surface area contributed by atoms with E-state index in [1.807, 2.05) is 44.2 Å². The topological polar surface area (TPSA) is 29.5 Å². The summed E-state index contributed by atoms with van der Waals surface area (Å²) < 4.78 is 5.82. The molecule has 2 nitrogen and oxygen atoms in total. The molecule has 0 aliphatic heterocycles. The molecule has 0 radical (unpaired) electrons. The lowest BCUT2D eigenvalue weighted by Crippen LogP contribution is -2.11. The van der Waals surface area contributed by atoms with Crippen LogP contribution in [0.15, 0.2) is 36.4 Å². The Kier molecular flexibility index (Phi) is 4.46. The summed E-state index contributed by atoms with van der Waals surface area (Å²) in [6.45, 7) is 8.45. The minimum atomic E-state index is -0.601.